The Morgan fingerprint density at radius 2 is 1.53 bits per heavy atom. The fourth-order valence-corrected chi connectivity index (χ4v) is 4.19. The summed E-state index contributed by atoms with van der Waals surface area (Å²) in [6.45, 7) is 0. The van der Waals surface area contributed by atoms with E-state index in [1.165, 1.54) is 36.4 Å². The number of ether oxygens (including phenoxy) is 1. The quantitative estimate of drug-likeness (QED) is 0.138. The molecule has 7 N–H and O–H groups in total. The molecule has 0 radical (unpaired) electrons. The van der Waals surface area contributed by atoms with Gasteiger partial charge in [-0.25, -0.2) is 9.59 Å². The molecular weight excluding hydrogens is 496 g/mol. The maximum Gasteiger partial charge on any atom is 0.345 e. The number of carboxylic acids is 1. The summed E-state index contributed by atoms with van der Waals surface area (Å²) in [6, 6.07) is 9.37. The van der Waals surface area contributed by atoms with Crippen molar-refractivity contribution in [2.45, 2.75) is 25.4 Å². The Kier molecular flexibility index (Phi) is 7.15. The lowest BCUT2D eigenvalue weighted by Gasteiger charge is -2.21. The first kappa shape index (κ1) is 26.0. The number of allylic oxidation sites excluding steroid dienone is 1. The molecule has 0 aromatic heterocycles. The first-order valence-corrected chi connectivity index (χ1v) is 11.5. The Labute approximate surface area is 216 Å². The molecule has 0 fully saturated rings. The number of hydrogen-bond acceptors (Lipinski definition) is 9. The third kappa shape index (κ3) is 5.49. The average molecular weight is 520 g/mol. The van der Waals surface area contributed by atoms with Gasteiger partial charge in [0.2, 0.25) is 6.10 Å². The van der Waals surface area contributed by atoms with E-state index in [1.54, 1.807) is 12.1 Å². The molecule has 1 aliphatic rings. The molecule has 0 bridgehead atoms. The fraction of sp³-hybridized carbons (Fsp3) is 0.143. The number of esters is 1. The van der Waals surface area contributed by atoms with Gasteiger partial charge in [-0.15, -0.1) is 0 Å². The number of phenolic OH excluding ortho intramolecular Hbond substituents is 6. The van der Waals surface area contributed by atoms with Crippen LogP contribution in [0.1, 0.15) is 34.2 Å². The Bertz CT molecular complexity index is 1490. The molecule has 10 nitrogen and oxygen atoms in total. The first-order valence-electron chi connectivity index (χ1n) is 11.5. The van der Waals surface area contributed by atoms with E-state index >= 15 is 0 Å². The van der Waals surface area contributed by atoms with E-state index in [1.807, 2.05) is 0 Å². The molecule has 3 aromatic carbocycles. The van der Waals surface area contributed by atoms with Gasteiger partial charge in [0.1, 0.15) is 0 Å². The zero-order valence-electron chi connectivity index (χ0n) is 19.8. The standard InChI is InChI=1S/C28H24O10/c29-20-6-1-14(9-22(20)31)10-25(28(36)37)38-26(34)8-4-17-13-24(33)27(35)18-5-2-15(11-19(17)18)16-3-7-21(30)23(32)12-16/h1,3-4,6-9,11-13,25,29-33,35H,2,5,10H2,(H,36,37)/t25-/m1/s1. The van der Waals surface area contributed by atoms with Crippen LogP contribution in [-0.4, -0.2) is 53.8 Å². The Morgan fingerprint density at radius 1 is 0.842 bits per heavy atom. The van der Waals surface area contributed by atoms with E-state index < -0.39 is 29.5 Å². The van der Waals surface area contributed by atoms with Gasteiger partial charge in [-0.05, 0) is 77.1 Å². The Hall–Kier alpha value is -5.12. The molecule has 0 saturated heterocycles. The number of carbonyl (C=O) groups excluding carboxylic acids is 1. The van der Waals surface area contributed by atoms with Crippen LogP contribution in [0.15, 0.2) is 48.5 Å². The summed E-state index contributed by atoms with van der Waals surface area (Å²) in [5, 5.41) is 68.5. The fourth-order valence-electron chi connectivity index (χ4n) is 4.19. The van der Waals surface area contributed by atoms with Crippen molar-refractivity contribution in [1.29, 1.82) is 0 Å². The maximum atomic E-state index is 12.5. The van der Waals surface area contributed by atoms with Gasteiger partial charge in [-0.1, -0.05) is 18.2 Å². The predicted molar refractivity (Wildman–Crippen MR) is 136 cm³/mol. The zero-order chi connectivity index (χ0) is 27.6. The molecule has 0 spiro atoms. The van der Waals surface area contributed by atoms with Gasteiger partial charge >= 0.3 is 11.9 Å². The van der Waals surface area contributed by atoms with Crippen LogP contribution in [-0.2, 0) is 27.2 Å². The van der Waals surface area contributed by atoms with Crippen LogP contribution in [0.5, 0.6) is 34.5 Å². The Balaban J connectivity index is 1.59. The molecule has 4 rings (SSSR count). The van der Waals surface area contributed by atoms with Gasteiger partial charge in [0, 0.05) is 18.1 Å². The highest BCUT2D eigenvalue weighted by molar-refractivity contribution is 5.93. The molecule has 1 aliphatic carbocycles. The zero-order valence-corrected chi connectivity index (χ0v) is 19.8. The number of carbonyl (C=O) groups is 2. The molecule has 0 amide bonds. The van der Waals surface area contributed by atoms with Crippen molar-refractivity contribution in [2.24, 2.45) is 0 Å². The van der Waals surface area contributed by atoms with Gasteiger partial charge in [-0.2, -0.15) is 0 Å². The van der Waals surface area contributed by atoms with Crippen molar-refractivity contribution in [2.75, 3.05) is 0 Å². The molecule has 10 heteroatoms. The van der Waals surface area contributed by atoms with Gasteiger partial charge in [-0.3, -0.25) is 0 Å². The van der Waals surface area contributed by atoms with Crippen molar-refractivity contribution >= 4 is 29.7 Å². The normalized spacial score (nSPS) is 13.5. The number of hydrogen-bond donors (Lipinski definition) is 7. The second-order valence-electron chi connectivity index (χ2n) is 8.72. The van der Waals surface area contributed by atoms with E-state index in [9.17, 15) is 45.3 Å². The minimum Gasteiger partial charge on any atom is -0.504 e. The summed E-state index contributed by atoms with van der Waals surface area (Å²) in [4.78, 5) is 24.1. The molecular formula is C28H24O10. The topological polar surface area (TPSA) is 185 Å². The van der Waals surface area contributed by atoms with Crippen molar-refractivity contribution < 1.29 is 50.1 Å². The molecule has 1 atom stereocenters. The van der Waals surface area contributed by atoms with Gasteiger partial charge in [0.15, 0.2) is 34.5 Å². The summed E-state index contributed by atoms with van der Waals surface area (Å²) in [6.07, 6.45) is 3.01. The van der Waals surface area contributed by atoms with E-state index in [-0.39, 0.29) is 29.4 Å². The SMILES string of the molecule is O=C(C=Cc1cc(O)c(O)c2c1C=C(c1ccc(O)c(O)c1)CC2)O[C@H](Cc1ccc(O)c(O)c1)C(=O)O. The lowest BCUT2D eigenvalue weighted by atomic mass is 9.85. The lowest BCUT2D eigenvalue weighted by Crippen LogP contribution is -2.28. The predicted octanol–water partition coefficient (Wildman–Crippen LogP) is 3.66. The largest absolute Gasteiger partial charge is 0.504 e. The molecule has 0 unspecified atom stereocenters. The van der Waals surface area contributed by atoms with E-state index in [0.717, 1.165) is 17.7 Å². The minimum atomic E-state index is -1.58. The monoisotopic (exact) mass is 520 g/mol. The molecule has 38 heavy (non-hydrogen) atoms. The summed E-state index contributed by atoms with van der Waals surface area (Å²) in [7, 11) is 0. The Morgan fingerprint density at radius 3 is 2.18 bits per heavy atom. The second kappa shape index (κ2) is 10.5. The van der Waals surface area contributed by atoms with E-state index in [2.05, 4.69) is 0 Å². The molecule has 3 aromatic rings. The molecule has 196 valence electrons. The number of carboxylic acid groups (broad SMARTS) is 1. The van der Waals surface area contributed by atoms with E-state index in [0.29, 0.717) is 40.7 Å². The van der Waals surface area contributed by atoms with Crippen LogP contribution in [0.2, 0.25) is 0 Å². The highest BCUT2D eigenvalue weighted by atomic mass is 16.6. The molecule has 0 heterocycles. The average Bonchev–Trinajstić information content (AvgIpc) is 2.88. The van der Waals surface area contributed by atoms with Crippen LogP contribution < -0.4 is 0 Å². The molecule has 0 saturated carbocycles. The smallest absolute Gasteiger partial charge is 0.345 e. The summed E-state index contributed by atoms with van der Waals surface area (Å²) < 4.78 is 5.07. The summed E-state index contributed by atoms with van der Waals surface area (Å²) in [5.41, 5.74) is 3.03. The van der Waals surface area contributed by atoms with Gasteiger partial charge in [0.25, 0.3) is 0 Å². The number of phenols is 6. The number of aromatic hydroxyl groups is 6. The first-order chi connectivity index (χ1) is 18.0. The third-order valence-corrected chi connectivity index (χ3v) is 6.16. The van der Waals surface area contributed by atoms with E-state index in [4.69, 9.17) is 4.74 Å². The third-order valence-electron chi connectivity index (χ3n) is 6.16. The highest BCUT2D eigenvalue weighted by Gasteiger charge is 2.24. The van der Waals surface area contributed by atoms with Gasteiger partial charge in [0.05, 0.1) is 0 Å². The van der Waals surface area contributed by atoms with Crippen LogP contribution in [0.25, 0.3) is 17.7 Å². The maximum absolute atomic E-state index is 12.5. The highest BCUT2D eigenvalue weighted by Crippen LogP contribution is 2.42. The number of fused-ring (bicyclic) bond motifs is 1. The number of benzene rings is 3. The van der Waals surface area contributed by atoms with Crippen molar-refractivity contribution in [3.63, 3.8) is 0 Å². The summed E-state index contributed by atoms with van der Waals surface area (Å²) in [5.74, 6) is -4.46. The lowest BCUT2D eigenvalue weighted by molar-refractivity contribution is -0.160. The second-order valence-corrected chi connectivity index (χ2v) is 8.72. The van der Waals surface area contributed by atoms with Gasteiger partial charge < -0.3 is 40.5 Å². The van der Waals surface area contributed by atoms with Crippen LogP contribution in [0.4, 0.5) is 0 Å². The van der Waals surface area contributed by atoms with Crippen molar-refractivity contribution in [3.05, 3.63) is 76.4 Å². The molecule has 0 aliphatic heterocycles. The van der Waals surface area contributed by atoms with Crippen LogP contribution in [0.3, 0.4) is 0 Å². The number of aliphatic carboxylic acids is 1. The van der Waals surface area contributed by atoms with Crippen LogP contribution >= 0.6 is 0 Å². The van der Waals surface area contributed by atoms with Crippen molar-refractivity contribution in [3.8, 4) is 34.5 Å². The van der Waals surface area contributed by atoms with Crippen LogP contribution in [0, 0.1) is 0 Å². The van der Waals surface area contributed by atoms with Crippen molar-refractivity contribution in [1.82, 2.24) is 0 Å². The summed E-state index contributed by atoms with van der Waals surface area (Å²) >= 11 is 0. The minimum absolute atomic E-state index is 0.260. The number of rotatable bonds is 7.